The van der Waals surface area contributed by atoms with Crippen molar-refractivity contribution in [2.45, 2.75) is 33.4 Å². The van der Waals surface area contributed by atoms with E-state index in [1.54, 1.807) is 6.07 Å². The summed E-state index contributed by atoms with van der Waals surface area (Å²) in [6.45, 7) is 7.00. The number of aromatic nitrogens is 2. The minimum Gasteiger partial charge on any atom is -0.493 e. The van der Waals surface area contributed by atoms with Gasteiger partial charge in [-0.25, -0.2) is 0 Å². The number of methoxy groups -OCH3 is 1. The number of nitro groups is 1. The lowest BCUT2D eigenvalue weighted by Gasteiger charge is -2.25. The molecular weight excluding hydrogens is 396 g/mol. The maximum atomic E-state index is 11.9. The zero-order chi connectivity index (χ0) is 22.0. The topological polar surface area (TPSA) is 93.5 Å². The fourth-order valence-electron chi connectivity index (χ4n) is 3.94. The summed E-state index contributed by atoms with van der Waals surface area (Å²) in [5, 5.41) is 19.5. The average molecular weight is 422 g/mol. The number of aromatic amines is 1. The molecule has 1 aromatic heterocycles. The van der Waals surface area contributed by atoms with Gasteiger partial charge in [-0.3, -0.25) is 20.1 Å². The molecule has 2 aromatic carbocycles. The lowest BCUT2D eigenvalue weighted by Crippen LogP contribution is -2.30. The number of nitrogens with zero attached hydrogens (tertiary/aromatic N) is 3. The fourth-order valence-corrected chi connectivity index (χ4v) is 3.94. The predicted octanol–water partition coefficient (Wildman–Crippen LogP) is 4.26. The van der Waals surface area contributed by atoms with Crippen LogP contribution < -0.4 is 9.47 Å². The van der Waals surface area contributed by atoms with Gasteiger partial charge in [-0.2, -0.15) is 5.10 Å². The highest BCUT2D eigenvalue weighted by Gasteiger charge is 2.27. The summed E-state index contributed by atoms with van der Waals surface area (Å²) in [5.74, 6) is 0.441. The molecule has 1 aliphatic rings. The van der Waals surface area contributed by atoms with Crippen LogP contribution in [0.3, 0.4) is 0 Å². The van der Waals surface area contributed by atoms with Gasteiger partial charge in [0.15, 0.2) is 5.75 Å². The van der Waals surface area contributed by atoms with E-state index in [0.717, 1.165) is 54.1 Å². The molecule has 0 atom stereocenters. The average Bonchev–Trinajstić information content (AvgIpc) is 3.21. The van der Waals surface area contributed by atoms with E-state index >= 15 is 0 Å². The first-order valence-electron chi connectivity index (χ1n) is 10.3. The number of nitro benzene ring substituents is 1. The van der Waals surface area contributed by atoms with Gasteiger partial charge in [-0.15, -0.1) is 0 Å². The molecule has 31 heavy (non-hydrogen) atoms. The fraction of sp³-hybridized carbons (Fsp3) is 0.348. The number of hydrogen-bond donors (Lipinski definition) is 1. The van der Waals surface area contributed by atoms with Crippen LogP contribution in [-0.2, 0) is 19.6 Å². The van der Waals surface area contributed by atoms with Crippen molar-refractivity contribution in [1.29, 1.82) is 0 Å². The van der Waals surface area contributed by atoms with E-state index in [1.165, 1.54) is 13.2 Å². The quantitative estimate of drug-likeness (QED) is 0.452. The second kappa shape index (κ2) is 8.77. The summed E-state index contributed by atoms with van der Waals surface area (Å²) in [6.07, 6.45) is 0.882. The number of rotatable bonds is 7. The van der Waals surface area contributed by atoms with Crippen molar-refractivity contribution >= 4 is 5.69 Å². The molecule has 0 fully saturated rings. The summed E-state index contributed by atoms with van der Waals surface area (Å²) in [7, 11) is 1.49. The van der Waals surface area contributed by atoms with E-state index in [9.17, 15) is 10.1 Å². The first-order valence-corrected chi connectivity index (χ1v) is 10.3. The molecule has 0 bridgehead atoms. The van der Waals surface area contributed by atoms with Crippen LogP contribution in [0.25, 0.3) is 11.3 Å². The van der Waals surface area contributed by atoms with Crippen molar-refractivity contribution in [2.24, 2.45) is 0 Å². The molecule has 0 amide bonds. The van der Waals surface area contributed by atoms with Crippen molar-refractivity contribution in [3.05, 3.63) is 68.9 Å². The van der Waals surface area contributed by atoms with E-state index < -0.39 is 4.92 Å². The highest BCUT2D eigenvalue weighted by atomic mass is 16.6. The number of aryl methyl sites for hydroxylation is 1. The van der Waals surface area contributed by atoms with Crippen LogP contribution in [0.15, 0.2) is 36.4 Å². The number of benzene rings is 2. The molecule has 0 saturated carbocycles. The number of nitrogens with one attached hydrogen (secondary N) is 1. The van der Waals surface area contributed by atoms with Gasteiger partial charge in [0, 0.05) is 42.4 Å². The summed E-state index contributed by atoms with van der Waals surface area (Å²) < 4.78 is 11.4. The lowest BCUT2D eigenvalue weighted by molar-refractivity contribution is -0.386. The van der Waals surface area contributed by atoms with Gasteiger partial charge < -0.3 is 9.47 Å². The van der Waals surface area contributed by atoms with Gasteiger partial charge in [0.25, 0.3) is 0 Å². The van der Waals surface area contributed by atoms with E-state index in [2.05, 4.69) is 22.0 Å². The van der Waals surface area contributed by atoms with Crippen LogP contribution in [0, 0.1) is 17.0 Å². The van der Waals surface area contributed by atoms with Crippen molar-refractivity contribution in [2.75, 3.05) is 20.2 Å². The maximum absolute atomic E-state index is 11.9. The van der Waals surface area contributed by atoms with E-state index in [0.29, 0.717) is 11.3 Å². The van der Waals surface area contributed by atoms with Gasteiger partial charge in [-0.1, -0.05) is 31.2 Å². The Morgan fingerprint density at radius 1 is 1.29 bits per heavy atom. The SMILES string of the molecule is CCN1CCc2[nH]nc(-c3cc(OC)c(OCc4ccccc4C)c([N+](=O)[O-])c3)c2C1. The van der Waals surface area contributed by atoms with Crippen molar-refractivity contribution in [3.63, 3.8) is 0 Å². The molecular formula is C23H26N4O4. The number of H-pyrrole nitrogens is 1. The van der Waals surface area contributed by atoms with Crippen LogP contribution >= 0.6 is 0 Å². The third-order valence-corrected chi connectivity index (χ3v) is 5.82. The second-order valence-electron chi connectivity index (χ2n) is 7.65. The summed E-state index contributed by atoms with van der Waals surface area (Å²) in [4.78, 5) is 13.8. The molecule has 0 unspecified atom stereocenters. The predicted molar refractivity (Wildman–Crippen MR) is 117 cm³/mol. The summed E-state index contributed by atoms with van der Waals surface area (Å²) in [6, 6.07) is 11.1. The molecule has 0 saturated heterocycles. The highest BCUT2D eigenvalue weighted by molar-refractivity contribution is 5.73. The van der Waals surface area contributed by atoms with Crippen LogP contribution in [-0.4, -0.2) is 40.2 Å². The van der Waals surface area contributed by atoms with E-state index in [1.807, 2.05) is 31.2 Å². The highest BCUT2D eigenvalue weighted by Crippen LogP contribution is 2.42. The lowest BCUT2D eigenvalue weighted by atomic mass is 10.00. The smallest absolute Gasteiger partial charge is 0.315 e. The molecule has 0 spiro atoms. The Labute approximate surface area is 180 Å². The number of hydrogen-bond acceptors (Lipinski definition) is 6. The maximum Gasteiger partial charge on any atom is 0.315 e. The number of fused-ring (bicyclic) bond motifs is 1. The molecule has 3 aromatic rings. The molecule has 0 aliphatic carbocycles. The Hall–Kier alpha value is -3.39. The zero-order valence-electron chi connectivity index (χ0n) is 18.0. The van der Waals surface area contributed by atoms with Crippen LogP contribution in [0.2, 0.25) is 0 Å². The first-order chi connectivity index (χ1) is 15.0. The molecule has 1 aliphatic heterocycles. The second-order valence-corrected chi connectivity index (χ2v) is 7.65. The Morgan fingerprint density at radius 3 is 2.81 bits per heavy atom. The van der Waals surface area contributed by atoms with Crippen molar-refractivity contribution in [3.8, 4) is 22.8 Å². The Kier molecular flexibility index (Phi) is 5.90. The van der Waals surface area contributed by atoms with Crippen LogP contribution in [0.4, 0.5) is 5.69 Å². The Morgan fingerprint density at radius 2 is 2.10 bits per heavy atom. The van der Waals surface area contributed by atoms with Crippen molar-refractivity contribution < 1.29 is 14.4 Å². The Bertz CT molecular complexity index is 1110. The first kappa shape index (κ1) is 20.9. The largest absolute Gasteiger partial charge is 0.493 e. The number of ether oxygens (including phenoxy) is 2. The monoisotopic (exact) mass is 422 g/mol. The van der Waals surface area contributed by atoms with Gasteiger partial charge >= 0.3 is 5.69 Å². The summed E-state index contributed by atoms with van der Waals surface area (Å²) in [5.41, 5.74) is 5.41. The minimum atomic E-state index is -0.434. The molecule has 0 radical (unpaired) electrons. The van der Waals surface area contributed by atoms with Crippen LogP contribution in [0.5, 0.6) is 11.5 Å². The van der Waals surface area contributed by atoms with Gasteiger partial charge in [-0.05, 0) is 30.7 Å². The van der Waals surface area contributed by atoms with Gasteiger partial charge in [0.1, 0.15) is 6.61 Å². The van der Waals surface area contributed by atoms with E-state index in [4.69, 9.17) is 9.47 Å². The Balaban J connectivity index is 1.72. The standard InChI is InChI=1S/C23H26N4O4/c1-4-26-10-9-19-18(13-26)22(25-24-19)17-11-20(27(28)29)23(21(12-17)30-3)31-14-16-8-6-5-7-15(16)2/h5-8,11-12H,4,9-10,13-14H2,1-3H3,(H,24,25). The molecule has 8 nitrogen and oxygen atoms in total. The van der Waals surface area contributed by atoms with Gasteiger partial charge in [0.05, 0.1) is 17.7 Å². The number of likely N-dealkylation sites (N-methyl/N-ethyl adjacent to an activating group) is 1. The molecule has 8 heteroatoms. The van der Waals surface area contributed by atoms with Gasteiger partial charge in [0.2, 0.25) is 5.75 Å². The third kappa shape index (κ3) is 4.11. The summed E-state index contributed by atoms with van der Waals surface area (Å²) >= 11 is 0. The van der Waals surface area contributed by atoms with Crippen molar-refractivity contribution in [1.82, 2.24) is 15.1 Å². The third-order valence-electron chi connectivity index (χ3n) is 5.82. The molecule has 1 N–H and O–H groups in total. The molecule has 162 valence electrons. The molecule has 2 heterocycles. The molecule has 4 rings (SSSR count). The van der Waals surface area contributed by atoms with Crippen LogP contribution in [0.1, 0.15) is 29.3 Å². The zero-order valence-corrected chi connectivity index (χ0v) is 18.0. The van der Waals surface area contributed by atoms with E-state index in [-0.39, 0.29) is 18.0 Å². The minimum absolute atomic E-state index is 0.124. The normalized spacial score (nSPS) is 13.6.